The largest absolute Gasteiger partial charge is 0.495 e. The average Bonchev–Trinajstić information content (AvgIpc) is 3.13. The number of nitrogens with one attached hydrogen (secondary N) is 1. The molecule has 1 atom stereocenters. The van der Waals surface area contributed by atoms with E-state index in [1.165, 1.54) is 12.8 Å². The summed E-state index contributed by atoms with van der Waals surface area (Å²) in [5.41, 5.74) is 1.05. The van der Waals surface area contributed by atoms with Gasteiger partial charge >= 0.3 is 0 Å². The van der Waals surface area contributed by atoms with Gasteiger partial charge in [-0.1, -0.05) is 12.1 Å². The van der Waals surface area contributed by atoms with Crippen LogP contribution in [0.25, 0.3) is 0 Å². The van der Waals surface area contributed by atoms with E-state index < -0.39 is 0 Å². The maximum absolute atomic E-state index is 5.32. The minimum atomic E-state index is 0.404. The Bertz CT molecular complexity index is 336. The number of rotatable bonds is 6. The molecule has 0 radical (unpaired) electrons. The summed E-state index contributed by atoms with van der Waals surface area (Å²) >= 11 is 0. The minimum absolute atomic E-state index is 0.404. The first kappa shape index (κ1) is 11.3. The topological polar surface area (TPSA) is 30.5 Å². The molecule has 1 aliphatic rings. The number of benzene rings is 1. The average molecular weight is 221 g/mol. The van der Waals surface area contributed by atoms with Crippen LogP contribution in [0.4, 0.5) is 5.69 Å². The van der Waals surface area contributed by atoms with E-state index in [1.54, 1.807) is 14.2 Å². The molecule has 0 aliphatic heterocycles. The van der Waals surface area contributed by atoms with Crippen molar-refractivity contribution in [2.75, 3.05) is 26.1 Å². The molecule has 1 aromatic carbocycles. The van der Waals surface area contributed by atoms with Crippen LogP contribution in [0.15, 0.2) is 24.3 Å². The van der Waals surface area contributed by atoms with E-state index in [4.69, 9.17) is 9.47 Å². The third kappa shape index (κ3) is 2.67. The zero-order chi connectivity index (χ0) is 11.4. The highest BCUT2D eigenvalue weighted by Gasteiger charge is 2.31. The van der Waals surface area contributed by atoms with E-state index in [1.807, 2.05) is 24.3 Å². The van der Waals surface area contributed by atoms with Crippen LogP contribution < -0.4 is 10.1 Å². The molecule has 0 saturated heterocycles. The lowest BCUT2D eigenvalue weighted by Gasteiger charge is -2.20. The molecule has 1 N–H and O–H groups in total. The van der Waals surface area contributed by atoms with E-state index in [9.17, 15) is 0 Å². The Labute approximate surface area is 96.8 Å². The first-order valence-electron chi connectivity index (χ1n) is 5.73. The van der Waals surface area contributed by atoms with Crippen LogP contribution in [-0.2, 0) is 4.74 Å². The van der Waals surface area contributed by atoms with Crippen molar-refractivity contribution in [1.82, 2.24) is 0 Å². The minimum Gasteiger partial charge on any atom is -0.495 e. The van der Waals surface area contributed by atoms with E-state index in [0.29, 0.717) is 6.04 Å². The molecule has 1 aliphatic carbocycles. The summed E-state index contributed by atoms with van der Waals surface area (Å²) < 4.78 is 10.6. The first-order valence-corrected chi connectivity index (χ1v) is 5.73. The number of hydrogen-bond acceptors (Lipinski definition) is 3. The fourth-order valence-electron chi connectivity index (χ4n) is 1.94. The van der Waals surface area contributed by atoms with Crippen LogP contribution in [0.1, 0.15) is 12.8 Å². The zero-order valence-electron chi connectivity index (χ0n) is 9.90. The number of para-hydroxylation sites is 2. The Morgan fingerprint density at radius 2 is 2.06 bits per heavy atom. The molecule has 2 rings (SSSR count). The van der Waals surface area contributed by atoms with Gasteiger partial charge in [0.05, 0.1) is 25.4 Å². The summed E-state index contributed by atoms with van der Waals surface area (Å²) in [5.74, 6) is 1.65. The molecule has 1 aromatic rings. The highest BCUT2D eigenvalue weighted by molar-refractivity contribution is 5.56. The molecule has 3 heteroatoms. The Hall–Kier alpha value is -1.22. The quantitative estimate of drug-likeness (QED) is 0.800. The van der Waals surface area contributed by atoms with Crippen LogP contribution in [-0.4, -0.2) is 26.9 Å². The fourth-order valence-corrected chi connectivity index (χ4v) is 1.94. The lowest BCUT2D eigenvalue weighted by molar-refractivity contribution is 0.179. The predicted molar refractivity (Wildman–Crippen MR) is 65.0 cm³/mol. The van der Waals surface area contributed by atoms with Crippen molar-refractivity contribution in [3.63, 3.8) is 0 Å². The fraction of sp³-hybridized carbons (Fsp3) is 0.538. The van der Waals surface area contributed by atoms with Gasteiger partial charge in [-0.2, -0.15) is 0 Å². The van der Waals surface area contributed by atoms with Gasteiger partial charge in [0.15, 0.2) is 0 Å². The maximum Gasteiger partial charge on any atom is 0.141 e. The first-order chi connectivity index (χ1) is 7.85. The van der Waals surface area contributed by atoms with Crippen LogP contribution in [0, 0.1) is 5.92 Å². The summed E-state index contributed by atoms with van der Waals surface area (Å²) in [7, 11) is 3.45. The van der Waals surface area contributed by atoms with Crippen molar-refractivity contribution < 1.29 is 9.47 Å². The normalized spacial score (nSPS) is 16.9. The molecule has 0 amide bonds. The van der Waals surface area contributed by atoms with Gasteiger partial charge in [-0.05, 0) is 30.9 Å². The van der Waals surface area contributed by atoms with Gasteiger partial charge in [0.1, 0.15) is 5.75 Å². The number of hydrogen-bond donors (Lipinski definition) is 1. The zero-order valence-corrected chi connectivity index (χ0v) is 9.90. The lowest BCUT2D eigenvalue weighted by Crippen LogP contribution is -2.27. The standard InChI is InChI=1S/C13H19NO2/c1-15-9-12(10-7-8-10)14-11-5-3-4-6-13(11)16-2/h3-6,10,12,14H,7-9H2,1-2H3. The molecule has 1 fully saturated rings. The van der Waals surface area contributed by atoms with Crippen molar-refractivity contribution in [3.8, 4) is 5.75 Å². The third-order valence-corrected chi connectivity index (χ3v) is 2.99. The third-order valence-electron chi connectivity index (χ3n) is 2.99. The maximum atomic E-state index is 5.32. The molecule has 0 bridgehead atoms. The Balaban J connectivity index is 2.05. The summed E-state index contributed by atoms with van der Waals surface area (Å²) in [6.45, 7) is 0.753. The van der Waals surface area contributed by atoms with Crippen molar-refractivity contribution >= 4 is 5.69 Å². The molecule has 16 heavy (non-hydrogen) atoms. The van der Waals surface area contributed by atoms with Gasteiger partial charge in [0, 0.05) is 7.11 Å². The molecule has 3 nitrogen and oxygen atoms in total. The van der Waals surface area contributed by atoms with Crippen LogP contribution >= 0.6 is 0 Å². The van der Waals surface area contributed by atoms with E-state index >= 15 is 0 Å². The second kappa shape index (κ2) is 5.21. The predicted octanol–water partition coefficient (Wildman–Crippen LogP) is 2.53. The summed E-state index contributed by atoms with van der Waals surface area (Å²) in [5, 5.41) is 3.51. The lowest BCUT2D eigenvalue weighted by atomic mass is 10.2. The summed E-state index contributed by atoms with van der Waals surface area (Å²) in [6.07, 6.45) is 2.60. The molecular weight excluding hydrogens is 202 g/mol. The van der Waals surface area contributed by atoms with Gasteiger partial charge in [-0.25, -0.2) is 0 Å². The monoisotopic (exact) mass is 221 g/mol. The number of ether oxygens (including phenoxy) is 2. The second-order valence-corrected chi connectivity index (χ2v) is 4.24. The van der Waals surface area contributed by atoms with Crippen molar-refractivity contribution in [3.05, 3.63) is 24.3 Å². The molecule has 88 valence electrons. The van der Waals surface area contributed by atoms with E-state index in [-0.39, 0.29) is 0 Å². The van der Waals surface area contributed by atoms with Crippen molar-refractivity contribution in [2.24, 2.45) is 5.92 Å². The Morgan fingerprint density at radius 1 is 1.31 bits per heavy atom. The van der Waals surface area contributed by atoms with E-state index in [0.717, 1.165) is 24.0 Å². The number of anilines is 1. The smallest absolute Gasteiger partial charge is 0.141 e. The van der Waals surface area contributed by atoms with Crippen molar-refractivity contribution in [1.29, 1.82) is 0 Å². The number of methoxy groups -OCH3 is 2. The van der Waals surface area contributed by atoms with Crippen LogP contribution in [0.2, 0.25) is 0 Å². The summed E-state index contributed by atoms with van der Waals surface area (Å²) in [4.78, 5) is 0. The SMILES string of the molecule is COCC(Nc1ccccc1OC)C1CC1. The van der Waals surface area contributed by atoms with Gasteiger partial charge < -0.3 is 14.8 Å². The van der Waals surface area contributed by atoms with E-state index in [2.05, 4.69) is 5.32 Å². The van der Waals surface area contributed by atoms with Gasteiger partial charge in [0.25, 0.3) is 0 Å². The molecular formula is C13H19NO2. The Morgan fingerprint density at radius 3 is 2.69 bits per heavy atom. The highest BCUT2D eigenvalue weighted by atomic mass is 16.5. The molecule has 1 saturated carbocycles. The summed E-state index contributed by atoms with van der Waals surface area (Å²) in [6, 6.07) is 8.41. The highest BCUT2D eigenvalue weighted by Crippen LogP contribution is 2.35. The molecule has 0 spiro atoms. The van der Waals surface area contributed by atoms with Crippen LogP contribution in [0.5, 0.6) is 5.75 Å². The molecule has 0 heterocycles. The Kier molecular flexibility index (Phi) is 3.67. The van der Waals surface area contributed by atoms with Gasteiger partial charge in [-0.3, -0.25) is 0 Å². The van der Waals surface area contributed by atoms with Crippen LogP contribution in [0.3, 0.4) is 0 Å². The second-order valence-electron chi connectivity index (χ2n) is 4.24. The van der Waals surface area contributed by atoms with Gasteiger partial charge in [0.2, 0.25) is 0 Å². The molecule has 0 aromatic heterocycles. The van der Waals surface area contributed by atoms with Gasteiger partial charge in [-0.15, -0.1) is 0 Å². The van der Waals surface area contributed by atoms with Crippen molar-refractivity contribution in [2.45, 2.75) is 18.9 Å². The molecule has 1 unspecified atom stereocenters.